The third-order valence-electron chi connectivity index (χ3n) is 5.55. The van der Waals surface area contributed by atoms with Crippen LogP contribution in [0.2, 0.25) is 0 Å². The van der Waals surface area contributed by atoms with Gasteiger partial charge in [-0.3, -0.25) is 0 Å². The van der Waals surface area contributed by atoms with Crippen LogP contribution in [0.5, 0.6) is 11.5 Å². The normalized spacial score (nSPS) is 13.5. The van der Waals surface area contributed by atoms with Crippen LogP contribution in [0, 0.1) is 3.70 Å². The highest BCUT2D eigenvalue weighted by Crippen LogP contribution is 2.36. The molecule has 0 unspecified atom stereocenters. The second-order valence-electron chi connectivity index (χ2n) is 8.55. The molecule has 1 aromatic heterocycles. The van der Waals surface area contributed by atoms with Crippen molar-refractivity contribution < 1.29 is 24.8 Å². The summed E-state index contributed by atoms with van der Waals surface area (Å²) in [6.07, 6.45) is -1.50. The number of hydrogen-bond acceptors (Lipinski definition) is 7. The van der Waals surface area contributed by atoms with Crippen molar-refractivity contribution in [3.05, 3.63) is 67.5 Å². The number of benzene rings is 2. The first kappa shape index (κ1) is 28.1. The topological polar surface area (TPSA) is 110 Å². The van der Waals surface area contributed by atoms with Gasteiger partial charge in [0.2, 0.25) is 0 Å². The third kappa shape index (κ3) is 7.30. The molecule has 0 fully saturated rings. The molecule has 0 aliphatic heterocycles. The van der Waals surface area contributed by atoms with E-state index in [9.17, 15) is 15.3 Å². The molecular weight excluding hydrogens is 649 g/mol. The lowest BCUT2D eigenvalue weighted by molar-refractivity contribution is 0.0881. The maximum Gasteiger partial charge on any atom is 0.133 e. The van der Waals surface area contributed by atoms with Crippen LogP contribution in [0.1, 0.15) is 30.7 Å². The molecule has 2 aromatic carbocycles. The molecule has 2 atom stereocenters. The van der Waals surface area contributed by atoms with E-state index in [-0.39, 0.29) is 37.7 Å². The Morgan fingerprint density at radius 1 is 1.06 bits per heavy atom. The summed E-state index contributed by atoms with van der Waals surface area (Å²) < 4.78 is 14.4. The molecule has 1 heterocycles. The van der Waals surface area contributed by atoms with E-state index in [1.165, 1.54) is 0 Å². The molecule has 8 nitrogen and oxygen atoms in total. The van der Waals surface area contributed by atoms with Gasteiger partial charge in [-0.2, -0.15) is 0 Å². The minimum absolute atomic E-state index is 0.0972. The molecule has 0 aliphatic carbocycles. The van der Waals surface area contributed by atoms with Gasteiger partial charge in [-0.25, -0.2) is 4.68 Å². The summed E-state index contributed by atoms with van der Waals surface area (Å²) in [5.41, 5.74) is 2.38. The Bertz CT molecular complexity index is 1110. The van der Waals surface area contributed by atoms with Crippen LogP contribution >= 0.6 is 50.1 Å². The van der Waals surface area contributed by atoms with Gasteiger partial charge in [0.1, 0.15) is 46.3 Å². The van der Waals surface area contributed by atoms with E-state index in [0.29, 0.717) is 20.9 Å². The molecule has 0 saturated heterocycles. The molecule has 0 aliphatic rings. The summed E-state index contributed by atoms with van der Waals surface area (Å²) in [6, 6.07) is 13.7. The molecule has 0 bridgehead atoms. The fraction of sp³-hybridized carbons (Fsp3) is 0.417. The molecule has 3 rings (SSSR count). The Balaban J connectivity index is 1.60. The number of nitrogens with zero attached hydrogens (tertiary/aromatic N) is 3. The number of hydrogen-bond donors (Lipinski definition) is 3. The molecule has 0 saturated carbocycles. The van der Waals surface area contributed by atoms with E-state index < -0.39 is 12.2 Å². The monoisotopic (exact) mass is 675 g/mol. The van der Waals surface area contributed by atoms with Crippen molar-refractivity contribution in [3.8, 4) is 11.5 Å². The second-order valence-corrected chi connectivity index (χ2v) is 10.7. The standard InChI is InChI=1S/C24H28BrClIN3O5/c1-24(2,16-5-8-22(20(25)9-16)35-13-17(32)10-26)15-3-6-19(7-4-15)34-14-18(33)11-30-23(27)21(12-31)28-29-30/h3-9,17-18,31-33H,10-14H2,1-2H3/t17-,18-/m1/s1/i27-4. The molecule has 0 radical (unpaired) electrons. The average Bonchev–Trinajstić information content (AvgIpc) is 3.20. The summed E-state index contributed by atoms with van der Waals surface area (Å²) in [5, 5.41) is 37.0. The highest BCUT2D eigenvalue weighted by atomic mass is 123. The maximum absolute atomic E-state index is 10.3. The Morgan fingerprint density at radius 3 is 2.31 bits per heavy atom. The number of halogens is 3. The van der Waals surface area contributed by atoms with Crippen molar-refractivity contribution in [2.75, 3.05) is 19.1 Å². The van der Waals surface area contributed by atoms with E-state index in [4.69, 9.17) is 21.1 Å². The van der Waals surface area contributed by atoms with Crippen LogP contribution in [0.4, 0.5) is 0 Å². The highest BCUT2D eigenvalue weighted by molar-refractivity contribution is 14.1. The van der Waals surface area contributed by atoms with Crippen molar-refractivity contribution in [1.82, 2.24) is 15.0 Å². The van der Waals surface area contributed by atoms with Crippen LogP contribution in [-0.2, 0) is 18.6 Å². The zero-order chi connectivity index (χ0) is 25.6. The number of ether oxygens (including phenoxy) is 2. The van der Waals surface area contributed by atoms with Crippen molar-refractivity contribution >= 4 is 50.1 Å². The number of aliphatic hydroxyl groups excluding tert-OH is 3. The lowest BCUT2D eigenvalue weighted by Crippen LogP contribution is -2.25. The first-order chi connectivity index (χ1) is 16.6. The van der Waals surface area contributed by atoms with Crippen molar-refractivity contribution in [2.24, 2.45) is 0 Å². The Hall–Kier alpha value is -1.44. The summed E-state index contributed by atoms with van der Waals surface area (Å²) in [7, 11) is 0. The predicted molar refractivity (Wildman–Crippen MR) is 145 cm³/mol. The van der Waals surface area contributed by atoms with Crippen molar-refractivity contribution in [1.29, 1.82) is 0 Å². The van der Waals surface area contributed by atoms with Gasteiger partial charge in [0.15, 0.2) is 0 Å². The average molecular weight is 677 g/mol. The summed E-state index contributed by atoms with van der Waals surface area (Å²) in [5.74, 6) is 1.41. The number of aliphatic hydroxyl groups is 3. The van der Waals surface area contributed by atoms with Gasteiger partial charge in [-0.1, -0.05) is 37.3 Å². The molecule has 0 amide bonds. The molecular formula is C24H28BrClIN3O5. The molecule has 0 spiro atoms. The van der Waals surface area contributed by atoms with Gasteiger partial charge >= 0.3 is 0 Å². The molecule has 11 heteroatoms. The quantitative estimate of drug-likeness (QED) is 0.197. The molecule has 3 N–H and O–H groups in total. The van der Waals surface area contributed by atoms with Gasteiger partial charge in [-0.05, 0) is 73.9 Å². The Kier molecular flexibility index (Phi) is 10.2. The second kappa shape index (κ2) is 12.7. The first-order valence-electron chi connectivity index (χ1n) is 10.9. The van der Waals surface area contributed by atoms with Crippen molar-refractivity contribution in [2.45, 2.75) is 44.6 Å². The fourth-order valence-corrected chi connectivity index (χ4v) is 4.52. The van der Waals surface area contributed by atoms with E-state index in [1.807, 2.05) is 65.1 Å². The minimum Gasteiger partial charge on any atom is -0.491 e. The zero-order valence-corrected chi connectivity index (χ0v) is 23.9. The van der Waals surface area contributed by atoms with E-state index in [2.05, 4.69) is 40.1 Å². The summed E-state index contributed by atoms with van der Waals surface area (Å²) in [4.78, 5) is 0. The fourth-order valence-electron chi connectivity index (χ4n) is 3.37. The summed E-state index contributed by atoms with van der Waals surface area (Å²) in [6.45, 7) is 4.51. The van der Waals surface area contributed by atoms with Crippen LogP contribution in [-0.4, -0.2) is 61.6 Å². The number of aromatic nitrogens is 3. The number of rotatable bonds is 12. The Morgan fingerprint density at radius 2 is 1.71 bits per heavy atom. The van der Waals surface area contributed by atoms with Gasteiger partial charge in [0, 0.05) is 5.41 Å². The SMILES string of the molecule is CC(C)(c1ccc(OC[C@H](O)Cn2nnc(CO)c2[123I])cc1)c1ccc(OC[C@H](O)CCl)c(Br)c1. The van der Waals surface area contributed by atoms with Gasteiger partial charge in [0.05, 0.1) is 23.5 Å². The number of alkyl halides is 1. The zero-order valence-electron chi connectivity index (χ0n) is 19.4. The van der Waals surface area contributed by atoms with Crippen LogP contribution in [0.25, 0.3) is 0 Å². The van der Waals surface area contributed by atoms with Crippen LogP contribution < -0.4 is 9.47 Å². The minimum atomic E-state index is -0.781. The lowest BCUT2D eigenvalue weighted by Gasteiger charge is -2.27. The van der Waals surface area contributed by atoms with Crippen LogP contribution in [0.15, 0.2) is 46.9 Å². The molecule has 190 valence electrons. The van der Waals surface area contributed by atoms with Gasteiger partial charge < -0.3 is 24.8 Å². The largest absolute Gasteiger partial charge is 0.491 e. The summed E-state index contributed by atoms with van der Waals surface area (Å²) >= 11 is 11.2. The van der Waals surface area contributed by atoms with Crippen LogP contribution in [0.3, 0.4) is 0 Å². The highest BCUT2D eigenvalue weighted by Gasteiger charge is 2.24. The predicted octanol–water partition coefficient (Wildman–Crippen LogP) is 3.88. The lowest BCUT2D eigenvalue weighted by atomic mass is 9.78. The van der Waals surface area contributed by atoms with Crippen molar-refractivity contribution in [3.63, 3.8) is 0 Å². The van der Waals surface area contributed by atoms with E-state index in [0.717, 1.165) is 15.6 Å². The first-order valence-corrected chi connectivity index (χ1v) is 13.3. The van der Waals surface area contributed by atoms with Gasteiger partial charge in [-0.15, -0.1) is 16.7 Å². The molecule has 3 aromatic rings. The maximum atomic E-state index is 10.3. The third-order valence-corrected chi connectivity index (χ3v) is 7.71. The van der Waals surface area contributed by atoms with E-state index >= 15 is 0 Å². The molecule has 35 heavy (non-hydrogen) atoms. The Labute approximate surface area is 231 Å². The van der Waals surface area contributed by atoms with Gasteiger partial charge in [0.25, 0.3) is 0 Å². The van der Waals surface area contributed by atoms with E-state index in [1.54, 1.807) is 4.68 Å². The smallest absolute Gasteiger partial charge is 0.133 e.